The van der Waals surface area contributed by atoms with Crippen LogP contribution in [0, 0.1) is 0 Å². The average molecular weight is 188 g/mol. The Labute approximate surface area is 73.1 Å². The molecule has 0 aliphatic rings. The van der Waals surface area contributed by atoms with Gasteiger partial charge in [-0.1, -0.05) is 18.7 Å². The molecule has 0 spiro atoms. The van der Waals surface area contributed by atoms with Crippen LogP contribution in [0.5, 0.6) is 5.75 Å². The van der Waals surface area contributed by atoms with Crippen molar-refractivity contribution >= 4 is 5.57 Å². The van der Waals surface area contributed by atoms with Crippen molar-refractivity contribution in [3.8, 4) is 5.75 Å². The number of alkyl halides is 3. The van der Waals surface area contributed by atoms with Crippen molar-refractivity contribution in [2.45, 2.75) is 6.18 Å². The monoisotopic (exact) mass is 188 g/mol. The van der Waals surface area contributed by atoms with Gasteiger partial charge < -0.3 is 5.11 Å². The fourth-order valence-electron chi connectivity index (χ4n) is 0.857. The summed E-state index contributed by atoms with van der Waals surface area (Å²) >= 11 is 0. The Morgan fingerprint density at radius 2 is 1.92 bits per heavy atom. The van der Waals surface area contributed by atoms with Crippen LogP contribution in [-0.4, -0.2) is 11.3 Å². The van der Waals surface area contributed by atoms with Crippen molar-refractivity contribution in [2.24, 2.45) is 0 Å². The molecule has 1 aromatic rings. The summed E-state index contributed by atoms with van der Waals surface area (Å²) in [6, 6.07) is 4.90. The van der Waals surface area contributed by atoms with Crippen LogP contribution < -0.4 is 0 Å². The summed E-state index contributed by atoms with van der Waals surface area (Å²) in [6.45, 7) is 2.90. The minimum Gasteiger partial charge on any atom is -0.508 e. The fourth-order valence-corrected chi connectivity index (χ4v) is 0.857. The highest BCUT2D eigenvalue weighted by Crippen LogP contribution is 2.33. The van der Waals surface area contributed by atoms with Crippen molar-refractivity contribution in [1.82, 2.24) is 0 Å². The summed E-state index contributed by atoms with van der Waals surface area (Å²) in [5.41, 5.74) is -1.07. The van der Waals surface area contributed by atoms with E-state index in [1.165, 1.54) is 18.2 Å². The van der Waals surface area contributed by atoms with Crippen LogP contribution in [0.25, 0.3) is 5.57 Å². The lowest BCUT2D eigenvalue weighted by molar-refractivity contribution is -0.0686. The third-order valence-corrected chi connectivity index (χ3v) is 1.54. The topological polar surface area (TPSA) is 20.2 Å². The quantitative estimate of drug-likeness (QED) is 0.718. The number of benzene rings is 1. The third kappa shape index (κ3) is 2.24. The van der Waals surface area contributed by atoms with Gasteiger partial charge in [-0.3, -0.25) is 0 Å². The number of allylic oxidation sites excluding steroid dienone is 1. The predicted molar refractivity (Wildman–Crippen MR) is 43.2 cm³/mol. The first-order chi connectivity index (χ1) is 5.91. The van der Waals surface area contributed by atoms with E-state index in [1.807, 2.05) is 0 Å². The Balaban J connectivity index is 3.03. The van der Waals surface area contributed by atoms with Gasteiger partial charge in [-0.05, 0) is 17.7 Å². The SMILES string of the molecule is C=C(c1cccc(O)c1)C(F)(F)F. The lowest BCUT2D eigenvalue weighted by atomic mass is 10.1. The Kier molecular flexibility index (Phi) is 2.32. The summed E-state index contributed by atoms with van der Waals surface area (Å²) in [5, 5.41) is 8.92. The number of aromatic hydroxyl groups is 1. The summed E-state index contributed by atoms with van der Waals surface area (Å²) < 4.78 is 36.3. The number of hydrogen-bond donors (Lipinski definition) is 1. The van der Waals surface area contributed by atoms with Crippen molar-refractivity contribution < 1.29 is 18.3 Å². The lowest BCUT2D eigenvalue weighted by Crippen LogP contribution is -2.09. The maximum atomic E-state index is 12.1. The molecule has 0 saturated heterocycles. The van der Waals surface area contributed by atoms with E-state index in [1.54, 1.807) is 0 Å². The Bertz CT molecular complexity index is 328. The minimum absolute atomic E-state index is 0.118. The van der Waals surface area contributed by atoms with Gasteiger partial charge >= 0.3 is 6.18 Å². The third-order valence-electron chi connectivity index (χ3n) is 1.54. The molecule has 0 fully saturated rings. The molecule has 0 amide bonds. The lowest BCUT2D eigenvalue weighted by Gasteiger charge is -2.09. The number of phenolic OH excluding ortho intramolecular Hbond substituents is 1. The molecule has 0 aliphatic carbocycles. The molecular weight excluding hydrogens is 181 g/mol. The highest BCUT2D eigenvalue weighted by Gasteiger charge is 2.32. The van der Waals surface area contributed by atoms with Crippen LogP contribution in [0.3, 0.4) is 0 Å². The van der Waals surface area contributed by atoms with Gasteiger partial charge in [-0.2, -0.15) is 13.2 Å². The van der Waals surface area contributed by atoms with Gasteiger partial charge in [0.15, 0.2) is 0 Å². The molecule has 0 aromatic heterocycles. The molecule has 0 radical (unpaired) electrons. The van der Waals surface area contributed by atoms with E-state index in [0.29, 0.717) is 0 Å². The summed E-state index contributed by atoms with van der Waals surface area (Å²) in [5.74, 6) is -0.206. The molecule has 0 heterocycles. The summed E-state index contributed by atoms with van der Waals surface area (Å²) in [7, 11) is 0. The van der Waals surface area contributed by atoms with Gasteiger partial charge in [-0.15, -0.1) is 0 Å². The second kappa shape index (κ2) is 3.12. The van der Waals surface area contributed by atoms with E-state index in [2.05, 4.69) is 6.58 Å². The van der Waals surface area contributed by atoms with E-state index in [9.17, 15) is 13.2 Å². The molecule has 0 aliphatic heterocycles. The van der Waals surface area contributed by atoms with Crippen LogP contribution in [0.1, 0.15) is 5.56 Å². The smallest absolute Gasteiger partial charge is 0.416 e. The largest absolute Gasteiger partial charge is 0.508 e. The van der Waals surface area contributed by atoms with Crippen molar-refractivity contribution in [1.29, 1.82) is 0 Å². The summed E-state index contributed by atoms with van der Waals surface area (Å²) in [4.78, 5) is 0. The molecular formula is C9H7F3O. The maximum Gasteiger partial charge on any atom is 0.416 e. The van der Waals surface area contributed by atoms with E-state index in [-0.39, 0.29) is 11.3 Å². The van der Waals surface area contributed by atoms with Crippen molar-refractivity contribution in [3.63, 3.8) is 0 Å². The number of halogens is 3. The van der Waals surface area contributed by atoms with Crippen LogP contribution in [0.2, 0.25) is 0 Å². The van der Waals surface area contributed by atoms with Crippen LogP contribution in [0.15, 0.2) is 30.8 Å². The molecule has 13 heavy (non-hydrogen) atoms. The standard InChI is InChI=1S/C9H7F3O/c1-6(9(10,11)12)7-3-2-4-8(13)5-7/h2-5,13H,1H2. The van der Waals surface area contributed by atoms with Gasteiger partial charge in [0, 0.05) is 0 Å². The van der Waals surface area contributed by atoms with E-state index >= 15 is 0 Å². The van der Waals surface area contributed by atoms with E-state index < -0.39 is 11.7 Å². The molecule has 0 atom stereocenters. The van der Waals surface area contributed by atoms with Gasteiger partial charge in [0.05, 0.1) is 5.57 Å². The molecule has 0 saturated carbocycles. The van der Waals surface area contributed by atoms with Crippen LogP contribution in [0.4, 0.5) is 13.2 Å². The Morgan fingerprint density at radius 3 is 2.38 bits per heavy atom. The fraction of sp³-hybridized carbons (Fsp3) is 0.111. The normalized spacial score (nSPS) is 11.3. The molecule has 0 unspecified atom stereocenters. The molecule has 1 nitrogen and oxygen atoms in total. The van der Waals surface area contributed by atoms with Crippen molar-refractivity contribution in [2.75, 3.05) is 0 Å². The molecule has 1 rings (SSSR count). The second-order valence-electron chi connectivity index (χ2n) is 2.53. The summed E-state index contributed by atoms with van der Waals surface area (Å²) in [6.07, 6.45) is -4.45. The molecule has 4 heteroatoms. The van der Waals surface area contributed by atoms with Gasteiger partial charge in [0.25, 0.3) is 0 Å². The minimum atomic E-state index is -4.45. The number of phenols is 1. The van der Waals surface area contributed by atoms with E-state index in [4.69, 9.17) is 5.11 Å². The van der Waals surface area contributed by atoms with Gasteiger partial charge in [-0.25, -0.2) is 0 Å². The highest BCUT2D eigenvalue weighted by molar-refractivity contribution is 5.68. The number of hydrogen-bond acceptors (Lipinski definition) is 1. The molecule has 0 bridgehead atoms. The van der Waals surface area contributed by atoms with Crippen molar-refractivity contribution in [3.05, 3.63) is 36.4 Å². The first-order valence-electron chi connectivity index (χ1n) is 3.47. The number of rotatable bonds is 1. The first kappa shape index (κ1) is 9.64. The van der Waals surface area contributed by atoms with Crippen LogP contribution >= 0.6 is 0 Å². The predicted octanol–water partition coefficient (Wildman–Crippen LogP) is 2.97. The zero-order chi connectivity index (χ0) is 10.1. The second-order valence-corrected chi connectivity index (χ2v) is 2.53. The molecule has 70 valence electrons. The Morgan fingerprint density at radius 1 is 1.31 bits per heavy atom. The molecule has 1 aromatic carbocycles. The first-order valence-corrected chi connectivity index (χ1v) is 3.47. The highest BCUT2D eigenvalue weighted by atomic mass is 19.4. The maximum absolute atomic E-state index is 12.1. The van der Waals surface area contributed by atoms with Gasteiger partial charge in [0.2, 0.25) is 0 Å². The Hall–Kier alpha value is -1.45. The van der Waals surface area contributed by atoms with E-state index in [0.717, 1.165) is 6.07 Å². The molecule has 1 N–H and O–H groups in total. The zero-order valence-corrected chi connectivity index (χ0v) is 6.60. The average Bonchev–Trinajstić information content (AvgIpc) is 2.01. The van der Waals surface area contributed by atoms with Crippen LogP contribution in [-0.2, 0) is 0 Å². The zero-order valence-electron chi connectivity index (χ0n) is 6.60. The van der Waals surface area contributed by atoms with Gasteiger partial charge in [0.1, 0.15) is 5.75 Å².